The highest BCUT2D eigenvalue weighted by atomic mass is 32.1. The summed E-state index contributed by atoms with van der Waals surface area (Å²) < 4.78 is 0. The molecule has 0 amide bonds. The minimum absolute atomic E-state index is 0.121. The molecule has 0 aliphatic carbocycles. The molecule has 1 fully saturated rings. The van der Waals surface area contributed by atoms with E-state index < -0.39 is 0 Å². The van der Waals surface area contributed by atoms with Crippen molar-refractivity contribution in [1.82, 2.24) is 4.98 Å². The van der Waals surface area contributed by atoms with Crippen molar-refractivity contribution in [2.45, 2.75) is 27.7 Å². The van der Waals surface area contributed by atoms with Crippen LogP contribution in [0.2, 0.25) is 0 Å². The van der Waals surface area contributed by atoms with E-state index in [2.05, 4.69) is 23.7 Å². The predicted octanol–water partition coefficient (Wildman–Crippen LogP) is 2.50. The van der Waals surface area contributed by atoms with Gasteiger partial charge in [-0.1, -0.05) is 25.2 Å². The Morgan fingerprint density at radius 1 is 1.47 bits per heavy atom. The van der Waals surface area contributed by atoms with Crippen molar-refractivity contribution in [2.75, 3.05) is 18.0 Å². The standard InChI is InChI=1S/C11H16N2OS/c1-7-9(8(2)14)15-10(12-7)13-5-11(3,4)6-13/h5-6H2,1-4H3. The molecule has 0 unspecified atom stereocenters. The van der Waals surface area contributed by atoms with Crippen molar-refractivity contribution < 1.29 is 4.79 Å². The van der Waals surface area contributed by atoms with Crippen molar-refractivity contribution in [2.24, 2.45) is 5.41 Å². The van der Waals surface area contributed by atoms with E-state index in [0.717, 1.165) is 28.8 Å². The van der Waals surface area contributed by atoms with E-state index in [9.17, 15) is 4.79 Å². The molecule has 4 heteroatoms. The van der Waals surface area contributed by atoms with Crippen molar-refractivity contribution in [1.29, 1.82) is 0 Å². The lowest BCUT2D eigenvalue weighted by molar-refractivity contribution is 0.102. The average molecular weight is 224 g/mol. The minimum atomic E-state index is 0.121. The average Bonchev–Trinajstić information content (AvgIpc) is 2.42. The molecule has 0 aromatic carbocycles. The van der Waals surface area contributed by atoms with Gasteiger partial charge in [-0.2, -0.15) is 0 Å². The van der Waals surface area contributed by atoms with E-state index in [1.807, 2.05) is 6.92 Å². The van der Waals surface area contributed by atoms with Crippen LogP contribution in [0.25, 0.3) is 0 Å². The Morgan fingerprint density at radius 3 is 2.47 bits per heavy atom. The predicted molar refractivity (Wildman–Crippen MR) is 62.8 cm³/mol. The molecule has 0 radical (unpaired) electrons. The molecule has 1 saturated heterocycles. The van der Waals surface area contributed by atoms with Crippen LogP contribution in [0.5, 0.6) is 0 Å². The zero-order valence-corrected chi connectivity index (χ0v) is 10.4. The fourth-order valence-corrected chi connectivity index (χ4v) is 2.93. The van der Waals surface area contributed by atoms with Crippen molar-refractivity contribution in [3.05, 3.63) is 10.6 Å². The van der Waals surface area contributed by atoms with Gasteiger partial charge in [0.15, 0.2) is 10.9 Å². The number of thiazole rings is 1. The number of Topliss-reactive ketones (excluding diaryl/α,β-unsaturated/α-hetero) is 1. The highest BCUT2D eigenvalue weighted by Crippen LogP contribution is 2.36. The summed E-state index contributed by atoms with van der Waals surface area (Å²) in [7, 11) is 0. The SMILES string of the molecule is CC(=O)c1sc(N2CC(C)(C)C2)nc1C. The minimum Gasteiger partial charge on any atom is -0.347 e. The largest absolute Gasteiger partial charge is 0.347 e. The monoisotopic (exact) mass is 224 g/mol. The lowest BCUT2D eigenvalue weighted by Gasteiger charge is -2.45. The van der Waals surface area contributed by atoms with Gasteiger partial charge in [-0.05, 0) is 12.3 Å². The van der Waals surface area contributed by atoms with E-state index in [0.29, 0.717) is 5.41 Å². The van der Waals surface area contributed by atoms with Crippen LogP contribution in [0.15, 0.2) is 0 Å². The quantitative estimate of drug-likeness (QED) is 0.724. The van der Waals surface area contributed by atoms with Gasteiger partial charge < -0.3 is 4.90 Å². The summed E-state index contributed by atoms with van der Waals surface area (Å²) in [5, 5.41) is 0.997. The van der Waals surface area contributed by atoms with Crippen molar-refractivity contribution >= 4 is 22.3 Å². The van der Waals surface area contributed by atoms with Gasteiger partial charge in [0.05, 0.1) is 10.6 Å². The number of anilines is 1. The van der Waals surface area contributed by atoms with Crippen molar-refractivity contribution in [3.63, 3.8) is 0 Å². The number of carbonyl (C=O) groups is 1. The fraction of sp³-hybridized carbons (Fsp3) is 0.636. The first-order chi connectivity index (χ1) is 6.89. The molecule has 1 aromatic heterocycles. The second-order valence-electron chi connectivity index (χ2n) is 4.99. The number of hydrogen-bond donors (Lipinski definition) is 0. The van der Waals surface area contributed by atoms with Crippen LogP contribution in [0.3, 0.4) is 0 Å². The number of aryl methyl sites for hydroxylation is 1. The van der Waals surface area contributed by atoms with Crippen LogP contribution in [0.4, 0.5) is 5.13 Å². The summed E-state index contributed by atoms with van der Waals surface area (Å²) in [6.07, 6.45) is 0. The third-order valence-electron chi connectivity index (χ3n) is 2.61. The molecule has 3 nitrogen and oxygen atoms in total. The van der Waals surface area contributed by atoms with E-state index >= 15 is 0 Å². The first-order valence-electron chi connectivity index (χ1n) is 5.12. The number of hydrogen-bond acceptors (Lipinski definition) is 4. The van der Waals surface area contributed by atoms with Crippen LogP contribution < -0.4 is 4.90 Å². The zero-order chi connectivity index (χ0) is 11.2. The van der Waals surface area contributed by atoms with Gasteiger partial charge in [-0.15, -0.1) is 0 Å². The van der Waals surface area contributed by atoms with Crippen molar-refractivity contribution in [3.8, 4) is 0 Å². The van der Waals surface area contributed by atoms with Gasteiger partial charge >= 0.3 is 0 Å². The van der Waals surface area contributed by atoms with Crippen LogP contribution in [0.1, 0.15) is 36.1 Å². The van der Waals surface area contributed by atoms with E-state index in [-0.39, 0.29) is 5.78 Å². The Labute approximate surface area is 94.1 Å². The highest BCUT2D eigenvalue weighted by molar-refractivity contribution is 7.17. The molecule has 82 valence electrons. The normalized spacial score (nSPS) is 18.8. The lowest BCUT2D eigenvalue weighted by Crippen LogP contribution is -2.53. The number of ketones is 1. The van der Waals surface area contributed by atoms with Gasteiger partial charge in [0, 0.05) is 20.0 Å². The molecule has 0 spiro atoms. The van der Waals surface area contributed by atoms with Crippen LogP contribution in [-0.2, 0) is 0 Å². The number of rotatable bonds is 2. The second kappa shape index (κ2) is 3.30. The third-order valence-corrected chi connectivity index (χ3v) is 3.93. The maximum absolute atomic E-state index is 11.3. The summed E-state index contributed by atoms with van der Waals surface area (Å²) in [6.45, 7) is 10.1. The molecule has 1 aliphatic rings. The fourth-order valence-electron chi connectivity index (χ4n) is 1.97. The van der Waals surface area contributed by atoms with Gasteiger partial charge in [0.2, 0.25) is 0 Å². The third kappa shape index (κ3) is 1.91. The molecular weight excluding hydrogens is 208 g/mol. The second-order valence-corrected chi connectivity index (χ2v) is 5.96. The van der Waals surface area contributed by atoms with E-state index in [1.165, 1.54) is 11.3 Å². The topological polar surface area (TPSA) is 33.2 Å². The smallest absolute Gasteiger partial charge is 0.186 e. The molecule has 0 saturated carbocycles. The summed E-state index contributed by atoms with van der Waals surface area (Å²) in [6, 6.07) is 0. The number of aromatic nitrogens is 1. The first kappa shape index (κ1) is 10.6. The molecule has 15 heavy (non-hydrogen) atoms. The number of nitrogens with zero attached hydrogens (tertiary/aromatic N) is 2. The Morgan fingerprint density at radius 2 is 2.07 bits per heavy atom. The first-order valence-corrected chi connectivity index (χ1v) is 5.94. The molecule has 1 aliphatic heterocycles. The van der Waals surface area contributed by atoms with E-state index in [4.69, 9.17) is 0 Å². The van der Waals surface area contributed by atoms with Gasteiger partial charge in [-0.25, -0.2) is 4.98 Å². The molecule has 2 heterocycles. The van der Waals surface area contributed by atoms with Gasteiger partial charge in [-0.3, -0.25) is 4.79 Å². The van der Waals surface area contributed by atoms with E-state index in [1.54, 1.807) is 6.92 Å². The Balaban J connectivity index is 2.18. The van der Waals surface area contributed by atoms with Crippen LogP contribution in [-0.4, -0.2) is 23.9 Å². The molecule has 0 bridgehead atoms. The maximum atomic E-state index is 11.3. The summed E-state index contributed by atoms with van der Waals surface area (Å²) in [4.78, 5) is 18.8. The zero-order valence-electron chi connectivity index (χ0n) is 9.63. The maximum Gasteiger partial charge on any atom is 0.186 e. The molecule has 0 N–H and O–H groups in total. The Kier molecular flexibility index (Phi) is 2.34. The summed E-state index contributed by atoms with van der Waals surface area (Å²) in [5.41, 5.74) is 1.27. The molecule has 2 rings (SSSR count). The molecule has 0 atom stereocenters. The molecule has 1 aromatic rings. The number of carbonyl (C=O) groups excluding carboxylic acids is 1. The van der Waals surface area contributed by atoms with Crippen LogP contribution >= 0.6 is 11.3 Å². The summed E-state index contributed by atoms with van der Waals surface area (Å²) in [5.74, 6) is 0.121. The van der Waals surface area contributed by atoms with Gasteiger partial charge in [0.1, 0.15) is 0 Å². The molecular formula is C11H16N2OS. The Bertz CT molecular complexity index is 401. The van der Waals surface area contributed by atoms with Gasteiger partial charge in [0.25, 0.3) is 0 Å². The lowest BCUT2D eigenvalue weighted by atomic mass is 9.85. The summed E-state index contributed by atoms with van der Waals surface area (Å²) >= 11 is 1.52. The Hall–Kier alpha value is -0.900. The van der Waals surface area contributed by atoms with Crippen LogP contribution in [0, 0.1) is 12.3 Å². The highest BCUT2D eigenvalue weighted by Gasteiger charge is 2.36.